The molecule has 0 aliphatic heterocycles. The van der Waals surface area contributed by atoms with Crippen molar-refractivity contribution in [2.45, 2.75) is 0 Å². The van der Waals surface area contributed by atoms with Crippen molar-refractivity contribution < 1.29 is 17.7 Å². The van der Waals surface area contributed by atoms with Crippen LogP contribution in [-0.2, 0) is 0 Å². The number of hydrogen-bond donors (Lipinski definition) is 0. The van der Waals surface area contributed by atoms with Crippen LogP contribution in [0.15, 0.2) is 170 Å². The van der Waals surface area contributed by atoms with E-state index in [1.165, 1.54) is 0 Å². The molecule has 9 nitrogen and oxygen atoms in total. The van der Waals surface area contributed by atoms with Crippen molar-refractivity contribution in [3.63, 3.8) is 0 Å². The van der Waals surface area contributed by atoms with E-state index in [0.29, 0.717) is 33.5 Å². The van der Waals surface area contributed by atoms with Gasteiger partial charge in [0.05, 0.1) is 27.2 Å². The number of pyridine rings is 5. The minimum atomic E-state index is 0.692. The van der Waals surface area contributed by atoms with E-state index >= 15 is 0 Å². The molecular weight excluding hydrogens is 723 g/mol. The van der Waals surface area contributed by atoms with E-state index < -0.39 is 0 Å². The molecule has 0 spiro atoms. The van der Waals surface area contributed by atoms with Crippen molar-refractivity contribution in [3.05, 3.63) is 152 Å². The van der Waals surface area contributed by atoms with Crippen LogP contribution in [0, 0.1) is 0 Å². The highest BCUT2D eigenvalue weighted by Gasteiger charge is 2.29. The molecule has 0 amide bonds. The maximum absolute atomic E-state index is 6.50. The average Bonchev–Trinajstić information content (AvgIpc) is 4.05. The highest BCUT2D eigenvalue weighted by Crippen LogP contribution is 2.52. The fourth-order valence-corrected chi connectivity index (χ4v) is 8.86. The normalized spacial score (nSPS) is 12.1. The number of fused-ring (bicyclic) bond motifs is 12. The Kier molecular flexibility index (Phi) is 6.25. The summed E-state index contributed by atoms with van der Waals surface area (Å²) >= 11 is 0. The fraction of sp³-hybridized carbons (Fsp3) is 0. The van der Waals surface area contributed by atoms with Crippen LogP contribution in [0.4, 0.5) is 0 Å². The first-order valence-electron chi connectivity index (χ1n) is 18.9. The second kappa shape index (κ2) is 11.7. The van der Waals surface area contributed by atoms with Gasteiger partial charge in [0.15, 0.2) is 22.3 Å². The quantitative estimate of drug-likeness (QED) is 0.173. The molecule has 9 aromatic heterocycles. The summed E-state index contributed by atoms with van der Waals surface area (Å²) in [6, 6.07) is 39.9. The van der Waals surface area contributed by atoms with Crippen LogP contribution in [0.5, 0.6) is 0 Å². The molecule has 0 atom stereocenters. The largest absolute Gasteiger partial charge is 0.454 e. The fourth-order valence-electron chi connectivity index (χ4n) is 8.86. The van der Waals surface area contributed by atoms with Crippen LogP contribution in [0.25, 0.3) is 133 Å². The third-order valence-corrected chi connectivity index (χ3v) is 11.2. The number of nitrogens with zero attached hydrogens (tertiary/aromatic N) is 5. The van der Waals surface area contributed by atoms with E-state index in [2.05, 4.69) is 24.3 Å². The summed E-state index contributed by atoms with van der Waals surface area (Å²) in [5, 5.41) is 3.52. The lowest BCUT2D eigenvalue weighted by molar-refractivity contribution is 0.667. The van der Waals surface area contributed by atoms with Crippen molar-refractivity contribution in [1.29, 1.82) is 0 Å². The molecule has 0 unspecified atom stereocenters. The first kappa shape index (κ1) is 31.1. The van der Waals surface area contributed by atoms with Crippen molar-refractivity contribution >= 4 is 88.3 Å². The molecule has 0 aliphatic rings. The van der Waals surface area contributed by atoms with Gasteiger partial charge in [0.2, 0.25) is 0 Å². The van der Waals surface area contributed by atoms with Crippen LogP contribution >= 0.6 is 0 Å². The first-order chi connectivity index (χ1) is 28.8. The van der Waals surface area contributed by atoms with Gasteiger partial charge >= 0.3 is 0 Å². The van der Waals surface area contributed by atoms with Crippen molar-refractivity contribution in [2.75, 3.05) is 0 Å². The molecule has 9 heteroatoms. The van der Waals surface area contributed by atoms with E-state index in [1.54, 1.807) is 24.8 Å². The zero-order chi connectivity index (χ0) is 37.9. The topological polar surface area (TPSA) is 117 Å². The Bertz CT molecular complexity index is 3590. The van der Waals surface area contributed by atoms with Crippen LogP contribution in [0.2, 0.25) is 0 Å². The van der Waals surface area contributed by atoms with Gasteiger partial charge in [0, 0.05) is 53.2 Å². The molecular formula is C49H25N5O4. The second-order valence-corrected chi connectivity index (χ2v) is 14.3. The maximum Gasteiger partial charge on any atom is 0.153 e. The molecule has 0 bridgehead atoms. The molecule has 0 saturated heterocycles. The Morgan fingerprint density at radius 2 is 0.621 bits per heavy atom. The highest BCUT2D eigenvalue weighted by molar-refractivity contribution is 6.22. The average molecular weight is 748 g/mol. The van der Waals surface area contributed by atoms with Gasteiger partial charge in [-0.2, -0.15) is 0 Å². The molecule has 270 valence electrons. The van der Waals surface area contributed by atoms with E-state index in [-0.39, 0.29) is 0 Å². The van der Waals surface area contributed by atoms with E-state index in [0.717, 1.165) is 99.4 Å². The van der Waals surface area contributed by atoms with Gasteiger partial charge in [0.25, 0.3) is 0 Å². The molecule has 0 fully saturated rings. The Hall–Kier alpha value is -8.17. The Morgan fingerprint density at radius 1 is 0.276 bits per heavy atom. The third kappa shape index (κ3) is 4.26. The molecule has 0 saturated carbocycles. The summed E-state index contributed by atoms with van der Waals surface area (Å²) in [6.45, 7) is 0. The third-order valence-electron chi connectivity index (χ3n) is 11.2. The van der Waals surface area contributed by atoms with Gasteiger partial charge in [0.1, 0.15) is 44.4 Å². The molecule has 58 heavy (non-hydrogen) atoms. The first-order valence-corrected chi connectivity index (χ1v) is 18.9. The standard InChI is InChI=1S/C49H25N5O4/c1-9-26(40-31(13-1)55-35-17-5-21-50-46(35)40)30-25-54-45(29-12-4-16-34-43(29)49-38(58-34)20-8-24-53-49)44(28-11-3-15-33-42(28)48-37(57-33)19-7-23-52-48)39(30)27-10-2-14-32-41(27)47-36(56-32)18-6-22-51-47/h1-25H. The number of furan rings is 4. The SMILES string of the molecule is c1cnc2c(c1)oc1cccc(-c3cnc(-c4cccc5oc6cccnc6c45)c(-c4cccc5oc6cccnc6c45)c3-c3cccc4oc5cccnc5c34)c12. The van der Waals surface area contributed by atoms with E-state index in [1.807, 2.05) is 103 Å². The zero-order valence-electron chi connectivity index (χ0n) is 30.3. The number of rotatable bonds is 4. The van der Waals surface area contributed by atoms with Gasteiger partial charge in [-0.15, -0.1) is 0 Å². The Labute approximate surface area is 326 Å². The van der Waals surface area contributed by atoms with Gasteiger partial charge in [-0.25, -0.2) is 0 Å². The monoisotopic (exact) mass is 747 g/mol. The van der Waals surface area contributed by atoms with Gasteiger partial charge in [-0.1, -0.05) is 48.5 Å². The van der Waals surface area contributed by atoms with Gasteiger partial charge in [-0.05, 0) is 89.5 Å². The van der Waals surface area contributed by atoms with Crippen LogP contribution < -0.4 is 0 Å². The maximum atomic E-state index is 6.50. The second-order valence-electron chi connectivity index (χ2n) is 14.3. The Balaban J connectivity index is 1.29. The number of benzene rings is 4. The molecule has 0 aliphatic carbocycles. The van der Waals surface area contributed by atoms with Crippen molar-refractivity contribution in [2.24, 2.45) is 0 Å². The zero-order valence-corrected chi connectivity index (χ0v) is 30.3. The highest BCUT2D eigenvalue weighted by atomic mass is 16.3. The van der Waals surface area contributed by atoms with Crippen LogP contribution in [0.3, 0.4) is 0 Å². The smallest absolute Gasteiger partial charge is 0.153 e. The summed E-state index contributed by atoms with van der Waals surface area (Å²) in [4.78, 5) is 24.9. The van der Waals surface area contributed by atoms with Gasteiger partial charge in [-0.3, -0.25) is 24.9 Å². The number of hydrogen-bond acceptors (Lipinski definition) is 9. The lowest BCUT2D eigenvalue weighted by Crippen LogP contribution is -1.99. The summed E-state index contributed by atoms with van der Waals surface area (Å²) in [6.07, 6.45) is 9.17. The van der Waals surface area contributed by atoms with E-state index in [4.69, 9.17) is 42.6 Å². The molecule has 0 N–H and O–H groups in total. The summed E-state index contributed by atoms with van der Waals surface area (Å²) < 4.78 is 25.8. The van der Waals surface area contributed by atoms with E-state index in [9.17, 15) is 0 Å². The number of aromatic nitrogens is 5. The minimum absolute atomic E-state index is 0.692. The van der Waals surface area contributed by atoms with Crippen LogP contribution in [-0.4, -0.2) is 24.9 Å². The van der Waals surface area contributed by atoms with Crippen molar-refractivity contribution in [3.8, 4) is 44.6 Å². The lowest BCUT2D eigenvalue weighted by Gasteiger charge is -2.21. The minimum Gasteiger partial charge on any atom is -0.454 e. The summed E-state index contributed by atoms with van der Waals surface area (Å²) in [5.41, 5.74) is 15.7. The summed E-state index contributed by atoms with van der Waals surface area (Å²) in [7, 11) is 0. The van der Waals surface area contributed by atoms with Gasteiger partial charge < -0.3 is 17.7 Å². The van der Waals surface area contributed by atoms with Crippen molar-refractivity contribution in [1.82, 2.24) is 24.9 Å². The lowest BCUT2D eigenvalue weighted by atomic mass is 9.83. The molecule has 13 rings (SSSR count). The summed E-state index contributed by atoms with van der Waals surface area (Å²) in [5.74, 6) is 0. The molecule has 4 aromatic carbocycles. The Morgan fingerprint density at radius 3 is 1.07 bits per heavy atom. The van der Waals surface area contributed by atoms with Crippen LogP contribution in [0.1, 0.15) is 0 Å². The molecule has 9 heterocycles. The predicted molar refractivity (Wildman–Crippen MR) is 226 cm³/mol. The molecule has 13 aromatic rings. The molecule has 0 radical (unpaired) electrons. The predicted octanol–water partition coefficient (Wildman–Crippen LogP) is 12.9.